The van der Waals surface area contributed by atoms with Crippen molar-refractivity contribution in [3.05, 3.63) is 59.2 Å². The number of rotatable bonds is 6. The Morgan fingerprint density at radius 3 is 2.63 bits per heavy atom. The molecule has 3 heterocycles. The van der Waals surface area contributed by atoms with Crippen LogP contribution in [-0.2, 0) is 22.1 Å². The molecule has 0 spiro atoms. The van der Waals surface area contributed by atoms with Crippen molar-refractivity contribution in [2.24, 2.45) is 5.92 Å². The zero-order valence-electron chi connectivity index (χ0n) is 21.2. The minimum absolute atomic E-state index is 0.138. The highest BCUT2D eigenvalue weighted by molar-refractivity contribution is 5.82. The molecule has 202 valence electrons. The van der Waals surface area contributed by atoms with E-state index in [1.807, 2.05) is 18.2 Å². The molecule has 0 aliphatic carbocycles. The number of para-hydroxylation sites is 1. The molecule has 0 saturated carbocycles. The van der Waals surface area contributed by atoms with Crippen molar-refractivity contribution < 1.29 is 22.7 Å². The number of benzene rings is 2. The lowest BCUT2D eigenvalue weighted by molar-refractivity contribution is -0.137. The third-order valence-electron chi connectivity index (χ3n) is 7.80. The van der Waals surface area contributed by atoms with Crippen LogP contribution in [0.15, 0.2) is 42.5 Å². The van der Waals surface area contributed by atoms with E-state index in [1.54, 1.807) is 12.1 Å². The molecule has 38 heavy (non-hydrogen) atoms. The standard InChI is InChI=1S/C28H32F3N5O2/c29-28(30,31)22-6-7-25-21(16-22)17-23(27(37)33-8-3-9-34-12-14-38-15-13-34)26-19-35(10-11-36(25)26)24-5-2-1-4-20(24)18-32/h1-2,4-7,16,23,26H,3,8-15,17,19H2,(H,33,37)/t23-,26-/m0/s1. The van der Waals surface area contributed by atoms with Crippen LogP contribution in [0, 0.1) is 17.2 Å². The third kappa shape index (κ3) is 5.59. The number of fused-ring (bicyclic) bond motifs is 3. The molecule has 3 aliphatic heterocycles. The van der Waals surface area contributed by atoms with Gasteiger partial charge in [0, 0.05) is 45.0 Å². The molecule has 2 fully saturated rings. The van der Waals surface area contributed by atoms with Crippen LogP contribution in [0.1, 0.15) is 23.1 Å². The van der Waals surface area contributed by atoms with E-state index >= 15 is 0 Å². The van der Waals surface area contributed by atoms with E-state index in [2.05, 4.69) is 26.1 Å². The Morgan fingerprint density at radius 2 is 1.87 bits per heavy atom. The fourth-order valence-corrected chi connectivity index (χ4v) is 5.83. The van der Waals surface area contributed by atoms with Crippen LogP contribution < -0.4 is 15.1 Å². The number of nitrogens with zero attached hydrogens (tertiary/aromatic N) is 4. The van der Waals surface area contributed by atoms with Crippen molar-refractivity contribution in [3.63, 3.8) is 0 Å². The number of morpholine rings is 1. The summed E-state index contributed by atoms with van der Waals surface area (Å²) in [4.78, 5) is 20.0. The number of alkyl halides is 3. The molecule has 2 saturated heterocycles. The van der Waals surface area contributed by atoms with E-state index in [0.29, 0.717) is 37.3 Å². The van der Waals surface area contributed by atoms with E-state index < -0.39 is 17.7 Å². The Hall–Kier alpha value is -3.29. The van der Waals surface area contributed by atoms with Gasteiger partial charge >= 0.3 is 6.18 Å². The summed E-state index contributed by atoms with van der Waals surface area (Å²) in [6.07, 6.45) is -3.41. The van der Waals surface area contributed by atoms with Gasteiger partial charge in [0.05, 0.1) is 42.0 Å². The van der Waals surface area contributed by atoms with Gasteiger partial charge in [-0.2, -0.15) is 18.4 Å². The molecule has 1 amide bonds. The number of nitrogens with one attached hydrogen (secondary N) is 1. The van der Waals surface area contributed by atoms with Gasteiger partial charge in [0.1, 0.15) is 6.07 Å². The van der Waals surface area contributed by atoms with Crippen molar-refractivity contribution in [2.45, 2.75) is 25.1 Å². The number of hydrogen-bond acceptors (Lipinski definition) is 6. The smallest absolute Gasteiger partial charge is 0.379 e. The molecule has 7 nitrogen and oxygen atoms in total. The highest BCUT2D eigenvalue weighted by Crippen LogP contribution is 2.40. The maximum atomic E-state index is 13.5. The van der Waals surface area contributed by atoms with Crippen LogP contribution in [0.2, 0.25) is 0 Å². The SMILES string of the molecule is N#Cc1ccccc1N1CCN2c3ccc(C(F)(F)F)cc3C[C@H](C(=O)NCCCN3CCOCC3)[C@@H]2C1. The molecule has 1 N–H and O–H groups in total. The first kappa shape index (κ1) is 26.3. The lowest BCUT2D eigenvalue weighted by Crippen LogP contribution is -2.61. The molecule has 3 aliphatic rings. The predicted molar refractivity (Wildman–Crippen MR) is 138 cm³/mol. The van der Waals surface area contributed by atoms with Crippen molar-refractivity contribution in [3.8, 4) is 6.07 Å². The number of anilines is 2. The summed E-state index contributed by atoms with van der Waals surface area (Å²) in [6, 6.07) is 13.3. The van der Waals surface area contributed by atoms with Crippen LogP contribution in [0.5, 0.6) is 0 Å². The zero-order chi connectivity index (χ0) is 26.7. The number of carbonyl (C=O) groups is 1. The van der Waals surface area contributed by atoms with Crippen LogP contribution in [-0.4, -0.2) is 75.9 Å². The molecular formula is C28H32F3N5O2. The Balaban J connectivity index is 1.35. The zero-order valence-corrected chi connectivity index (χ0v) is 21.2. The van der Waals surface area contributed by atoms with Gasteiger partial charge in [-0.15, -0.1) is 0 Å². The molecule has 10 heteroatoms. The fourth-order valence-electron chi connectivity index (χ4n) is 5.83. The van der Waals surface area contributed by atoms with Gasteiger partial charge in [-0.1, -0.05) is 12.1 Å². The van der Waals surface area contributed by atoms with E-state index in [0.717, 1.165) is 56.7 Å². The summed E-state index contributed by atoms with van der Waals surface area (Å²) in [7, 11) is 0. The molecule has 2 atom stereocenters. The lowest BCUT2D eigenvalue weighted by atomic mass is 9.82. The average molecular weight is 528 g/mol. The summed E-state index contributed by atoms with van der Waals surface area (Å²) in [5.41, 5.74) is 2.00. The minimum Gasteiger partial charge on any atom is -0.379 e. The van der Waals surface area contributed by atoms with Gasteiger partial charge in [0.2, 0.25) is 5.91 Å². The van der Waals surface area contributed by atoms with Crippen LogP contribution in [0.4, 0.5) is 24.5 Å². The highest BCUT2D eigenvalue weighted by atomic mass is 19.4. The Morgan fingerprint density at radius 1 is 1.08 bits per heavy atom. The molecule has 2 aromatic rings. The lowest BCUT2D eigenvalue weighted by Gasteiger charge is -2.50. The third-order valence-corrected chi connectivity index (χ3v) is 7.80. The maximum Gasteiger partial charge on any atom is 0.416 e. The second-order valence-corrected chi connectivity index (χ2v) is 10.1. The highest BCUT2D eigenvalue weighted by Gasteiger charge is 2.43. The summed E-state index contributed by atoms with van der Waals surface area (Å²) in [6.45, 7) is 6.22. The minimum atomic E-state index is -4.44. The fraction of sp³-hybridized carbons (Fsp3) is 0.500. The van der Waals surface area contributed by atoms with Gasteiger partial charge in [-0.25, -0.2) is 0 Å². The van der Waals surface area contributed by atoms with Crippen LogP contribution in [0.3, 0.4) is 0 Å². The van der Waals surface area contributed by atoms with E-state index in [9.17, 15) is 23.2 Å². The predicted octanol–water partition coefficient (Wildman–Crippen LogP) is 3.28. The van der Waals surface area contributed by atoms with Gasteiger partial charge in [0.25, 0.3) is 0 Å². The molecule has 5 rings (SSSR count). The monoisotopic (exact) mass is 527 g/mol. The summed E-state index contributed by atoms with van der Waals surface area (Å²) in [5, 5.41) is 12.7. The average Bonchev–Trinajstić information content (AvgIpc) is 2.94. The number of halogens is 3. The Labute approximate surface area is 220 Å². The maximum absolute atomic E-state index is 13.5. The molecular weight excluding hydrogens is 495 g/mol. The Kier molecular flexibility index (Phi) is 7.77. The van der Waals surface area contributed by atoms with Crippen LogP contribution >= 0.6 is 0 Å². The van der Waals surface area contributed by atoms with Crippen molar-refractivity contribution in [1.82, 2.24) is 10.2 Å². The second kappa shape index (κ2) is 11.2. The normalized spacial score (nSPS) is 21.8. The van der Waals surface area contributed by atoms with Crippen molar-refractivity contribution in [2.75, 3.05) is 68.8 Å². The second-order valence-electron chi connectivity index (χ2n) is 10.1. The van der Waals surface area contributed by atoms with E-state index in [-0.39, 0.29) is 18.4 Å². The molecule has 0 bridgehead atoms. The first-order chi connectivity index (χ1) is 18.3. The number of ether oxygens (including phenoxy) is 1. The quantitative estimate of drug-likeness (QED) is 0.582. The summed E-state index contributed by atoms with van der Waals surface area (Å²) < 4.78 is 45.8. The molecule has 0 unspecified atom stereocenters. The molecule has 2 aromatic carbocycles. The number of piperazine rings is 1. The summed E-state index contributed by atoms with van der Waals surface area (Å²) in [5.74, 6) is -0.646. The van der Waals surface area contributed by atoms with Crippen molar-refractivity contribution in [1.29, 1.82) is 5.26 Å². The van der Waals surface area contributed by atoms with Crippen LogP contribution in [0.25, 0.3) is 0 Å². The summed E-state index contributed by atoms with van der Waals surface area (Å²) >= 11 is 0. The first-order valence-electron chi connectivity index (χ1n) is 13.1. The number of hydrogen-bond donors (Lipinski definition) is 1. The van der Waals surface area contributed by atoms with Gasteiger partial charge < -0.3 is 19.9 Å². The van der Waals surface area contributed by atoms with Gasteiger partial charge in [-0.05, 0) is 55.3 Å². The van der Waals surface area contributed by atoms with E-state index in [4.69, 9.17) is 4.74 Å². The van der Waals surface area contributed by atoms with Gasteiger partial charge in [0.15, 0.2) is 0 Å². The van der Waals surface area contributed by atoms with E-state index in [1.165, 1.54) is 6.07 Å². The number of carbonyl (C=O) groups excluding carboxylic acids is 1. The Bertz CT molecular complexity index is 1190. The largest absolute Gasteiger partial charge is 0.416 e. The molecule has 0 aromatic heterocycles. The van der Waals surface area contributed by atoms with Gasteiger partial charge in [-0.3, -0.25) is 9.69 Å². The first-order valence-corrected chi connectivity index (χ1v) is 13.1. The molecule has 0 radical (unpaired) electrons. The topological polar surface area (TPSA) is 71.8 Å². The number of amides is 1. The number of nitriles is 1. The van der Waals surface area contributed by atoms with Crippen molar-refractivity contribution >= 4 is 17.3 Å².